The van der Waals surface area contributed by atoms with Crippen LogP contribution >= 0.6 is 0 Å². The summed E-state index contributed by atoms with van der Waals surface area (Å²) in [6, 6.07) is 6.40. The van der Waals surface area contributed by atoms with Crippen molar-refractivity contribution >= 4 is 27.7 Å². The van der Waals surface area contributed by atoms with Gasteiger partial charge in [0.15, 0.2) is 9.84 Å². The topological polar surface area (TPSA) is 116 Å². The molecule has 0 fully saturated rings. The van der Waals surface area contributed by atoms with Gasteiger partial charge in [-0.3, -0.25) is 14.4 Å². The molecule has 0 aliphatic rings. The summed E-state index contributed by atoms with van der Waals surface area (Å²) in [7, 11) is -3.38. The summed E-state index contributed by atoms with van der Waals surface area (Å²) in [5.74, 6) is -1.35. The molecule has 1 aromatic carbocycles. The number of benzene rings is 1. The van der Waals surface area contributed by atoms with E-state index in [9.17, 15) is 22.8 Å². The molecule has 1 rings (SSSR count). The average Bonchev–Trinajstić information content (AvgIpc) is 2.73. The third kappa shape index (κ3) is 11.3. The number of ether oxygens (including phenoxy) is 2. The summed E-state index contributed by atoms with van der Waals surface area (Å²) in [6.07, 6.45) is 6.18. The molecule has 0 radical (unpaired) electrons. The Morgan fingerprint density at radius 2 is 1.36 bits per heavy atom. The summed E-state index contributed by atoms with van der Waals surface area (Å²) < 4.78 is 35.6. The lowest BCUT2D eigenvalue weighted by Crippen LogP contribution is -2.56. The van der Waals surface area contributed by atoms with Crippen molar-refractivity contribution in [1.82, 2.24) is 5.32 Å². The van der Waals surface area contributed by atoms with Crippen molar-refractivity contribution in [3.63, 3.8) is 0 Å². The Kier molecular flexibility index (Phi) is 12.1. The fourth-order valence-corrected chi connectivity index (χ4v) is 4.88. The van der Waals surface area contributed by atoms with Gasteiger partial charge in [-0.25, -0.2) is 8.42 Å². The predicted octanol–water partition coefficient (Wildman–Crippen LogP) is 3.36. The molecule has 8 nitrogen and oxygen atoms in total. The van der Waals surface area contributed by atoms with E-state index in [1.807, 2.05) is 0 Å². The molecule has 33 heavy (non-hydrogen) atoms. The Morgan fingerprint density at radius 3 is 1.85 bits per heavy atom. The normalized spacial score (nSPS) is 11.6. The van der Waals surface area contributed by atoms with Gasteiger partial charge in [-0.05, 0) is 24.1 Å². The maximum atomic E-state index is 12.6. The number of nitrogens with one attached hydrogen (secondary N) is 1. The van der Waals surface area contributed by atoms with E-state index in [1.54, 1.807) is 12.1 Å². The van der Waals surface area contributed by atoms with E-state index >= 15 is 0 Å². The number of esters is 2. The molecule has 186 valence electrons. The second-order valence-corrected chi connectivity index (χ2v) is 10.5. The average molecular weight is 484 g/mol. The zero-order chi connectivity index (χ0) is 24.9. The second-order valence-electron chi connectivity index (χ2n) is 8.43. The smallest absolute Gasteiger partial charge is 0.302 e. The van der Waals surface area contributed by atoms with E-state index in [1.165, 1.54) is 39.3 Å². The first-order chi connectivity index (χ1) is 15.5. The van der Waals surface area contributed by atoms with Crippen LogP contribution in [0.15, 0.2) is 29.2 Å². The Bertz CT molecular complexity index is 861. The van der Waals surface area contributed by atoms with E-state index in [-0.39, 0.29) is 36.2 Å². The first-order valence-corrected chi connectivity index (χ1v) is 13.0. The zero-order valence-corrected chi connectivity index (χ0v) is 21.0. The van der Waals surface area contributed by atoms with Crippen LogP contribution in [0.4, 0.5) is 0 Å². The number of carbonyl (C=O) groups excluding carboxylic acids is 3. The summed E-state index contributed by atoms with van der Waals surface area (Å²) in [4.78, 5) is 34.8. The van der Waals surface area contributed by atoms with Crippen LogP contribution < -0.4 is 5.32 Å². The van der Waals surface area contributed by atoms with Crippen molar-refractivity contribution < 1.29 is 32.3 Å². The highest BCUT2D eigenvalue weighted by molar-refractivity contribution is 7.91. The Labute approximate surface area is 197 Å². The van der Waals surface area contributed by atoms with Gasteiger partial charge in [-0.2, -0.15) is 0 Å². The molecule has 0 atom stereocenters. The number of unbranched alkanes of at least 4 members (excludes halogenated alkanes) is 5. The predicted molar refractivity (Wildman–Crippen MR) is 125 cm³/mol. The van der Waals surface area contributed by atoms with Gasteiger partial charge in [0.2, 0.25) is 5.91 Å². The summed E-state index contributed by atoms with van der Waals surface area (Å²) >= 11 is 0. The molecule has 0 saturated heterocycles. The highest BCUT2D eigenvalue weighted by Crippen LogP contribution is 2.20. The Morgan fingerprint density at radius 1 is 0.848 bits per heavy atom. The SMILES string of the molecule is CCCCCCCCS(=O)(=O)c1ccc(CC(COC(C)=O)(COC(C)=O)NC(C)=O)cc1. The first kappa shape index (κ1) is 28.6. The number of hydrogen-bond acceptors (Lipinski definition) is 7. The number of rotatable bonds is 15. The summed E-state index contributed by atoms with van der Waals surface area (Å²) in [6.45, 7) is 5.54. The highest BCUT2D eigenvalue weighted by atomic mass is 32.2. The van der Waals surface area contributed by atoms with E-state index in [0.29, 0.717) is 12.0 Å². The van der Waals surface area contributed by atoms with E-state index in [4.69, 9.17) is 9.47 Å². The van der Waals surface area contributed by atoms with E-state index in [0.717, 1.165) is 25.7 Å². The molecule has 1 aromatic rings. The Balaban J connectivity index is 2.94. The van der Waals surface area contributed by atoms with Crippen LogP contribution in [0.3, 0.4) is 0 Å². The van der Waals surface area contributed by atoms with Crippen LogP contribution in [0.25, 0.3) is 0 Å². The molecular weight excluding hydrogens is 446 g/mol. The molecule has 0 heterocycles. The maximum Gasteiger partial charge on any atom is 0.302 e. The minimum atomic E-state index is -3.38. The number of amides is 1. The standard InChI is InChI=1S/C24H37NO7S/c1-5-6-7-8-9-10-15-33(29,30)23-13-11-22(12-14-23)16-24(25-19(2)26,17-31-20(3)27)18-32-21(4)28/h11-14H,5-10,15-18H2,1-4H3,(H,25,26). The lowest BCUT2D eigenvalue weighted by atomic mass is 9.92. The van der Waals surface area contributed by atoms with Crippen LogP contribution in [0.1, 0.15) is 71.8 Å². The monoisotopic (exact) mass is 483 g/mol. The molecule has 9 heteroatoms. The molecule has 0 saturated carbocycles. The van der Waals surface area contributed by atoms with Crippen molar-refractivity contribution in [1.29, 1.82) is 0 Å². The molecule has 0 bridgehead atoms. The number of carbonyl (C=O) groups is 3. The highest BCUT2D eigenvalue weighted by Gasteiger charge is 2.35. The summed E-state index contributed by atoms with van der Waals surface area (Å²) in [5, 5.41) is 2.73. The molecule has 0 aliphatic heterocycles. The van der Waals surface area contributed by atoms with Crippen molar-refractivity contribution in [2.75, 3.05) is 19.0 Å². The van der Waals surface area contributed by atoms with Gasteiger partial charge < -0.3 is 14.8 Å². The second kappa shape index (κ2) is 14.0. The molecule has 1 amide bonds. The van der Waals surface area contributed by atoms with Crippen LogP contribution in [-0.2, 0) is 40.1 Å². The molecular formula is C24H37NO7S. The molecule has 1 N–H and O–H groups in total. The van der Waals surface area contributed by atoms with Gasteiger partial charge in [0.1, 0.15) is 18.8 Å². The lowest BCUT2D eigenvalue weighted by molar-refractivity contribution is -0.150. The van der Waals surface area contributed by atoms with Crippen LogP contribution in [0.2, 0.25) is 0 Å². The van der Waals surface area contributed by atoms with Crippen molar-refractivity contribution in [3.8, 4) is 0 Å². The maximum absolute atomic E-state index is 12.6. The van der Waals surface area contributed by atoms with Gasteiger partial charge in [-0.15, -0.1) is 0 Å². The van der Waals surface area contributed by atoms with E-state index in [2.05, 4.69) is 12.2 Å². The number of sulfone groups is 1. The van der Waals surface area contributed by atoms with Crippen LogP contribution in [0, 0.1) is 0 Å². The van der Waals surface area contributed by atoms with Gasteiger partial charge in [0, 0.05) is 27.2 Å². The molecule has 0 spiro atoms. The van der Waals surface area contributed by atoms with E-state index < -0.39 is 27.3 Å². The van der Waals surface area contributed by atoms with Crippen molar-refractivity contribution in [2.45, 2.75) is 83.1 Å². The van der Waals surface area contributed by atoms with Crippen LogP contribution in [0.5, 0.6) is 0 Å². The first-order valence-electron chi connectivity index (χ1n) is 11.4. The quantitative estimate of drug-likeness (QED) is 0.300. The molecule has 0 aliphatic carbocycles. The molecule has 0 aromatic heterocycles. The van der Waals surface area contributed by atoms with Crippen LogP contribution in [-0.4, -0.2) is 50.8 Å². The largest absolute Gasteiger partial charge is 0.463 e. The fraction of sp³-hybridized carbons (Fsp3) is 0.625. The third-order valence-electron chi connectivity index (χ3n) is 5.14. The lowest BCUT2D eigenvalue weighted by Gasteiger charge is -2.33. The minimum absolute atomic E-state index is 0.104. The van der Waals surface area contributed by atoms with Gasteiger partial charge in [0.05, 0.1) is 10.6 Å². The zero-order valence-electron chi connectivity index (χ0n) is 20.1. The number of hydrogen-bond donors (Lipinski definition) is 1. The van der Waals surface area contributed by atoms with Gasteiger partial charge >= 0.3 is 11.9 Å². The summed E-state index contributed by atoms with van der Waals surface area (Å²) in [5.41, 5.74) is -0.483. The molecule has 0 unspecified atom stereocenters. The third-order valence-corrected chi connectivity index (χ3v) is 6.95. The van der Waals surface area contributed by atoms with Gasteiger partial charge in [0.25, 0.3) is 0 Å². The fourth-order valence-electron chi connectivity index (χ4n) is 3.51. The van der Waals surface area contributed by atoms with Crippen molar-refractivity contribution in [3.05, 3.63) is 29.8 Å². The van der Waals surface area contributed by atoms with Gasteiger partial charge in [-0.1, -0.05) is 51.2 Å². The Hall–Kier alpha value is -2.42. The minimum Gasteiger partial charge on any atom is -0.463 e. The van der Waals surface area contributed by atoms with Crippen molar-refractivity contribution in [2.24, 2.45) is 0 Å².